The van der Waals surface area contributed by atoms with E-state index in [1.165, 1.54) is 14.2 Å². The van der Waals surface area contributed by atoms with E-state index >= 15 is 0 Å². The predicted molar refractivity (Wildman–Crippen MR) is 41.1 cm³/mol. The van der Waals surface area contributed by atoms with Crippen LogP contribution >= 0.6 is 8.17 Å². The van der Waals surface area contributed by atoms with Gasteiger partial charge in [-0.25, -0.2) is 4.39 Å². The summed E-state index contributed by atoms with van der Waals surface area (Å²) in [5, 5.41) is 8.71. The van der Waals surface area contributed by atoms with Gasteiger partial charge in [-0.2, -0.15) is 18.5 Å². The molecule has 2 N–H and O–H groups in total. The van der Waals surface area contributed by atoms with Crippen LogP contribution in [0.4, 0.5) is 4.39 Å². The van der Waals surface area contributed by atoms with E-state index in [4.69, 9.17) is 5.11 Å². The van der Waals surface area contributed by atoms with E-state index in [-0.39, 0.29) is 6.61 Å². The van der Waals surface area contributed by atoms with Crippen molar-refractivity contribution in [3.63, 3.8) is 0 Å². The highest BCUT2D eigenvalue weighted by Gasteiger charge is 2.42. The van der Waals surface area contributed by atoms with Crippen molar-refractivity contribution in [1.82, 2.24) is 0 Å². The summed E-state index contributed by atoms with van der Waals surface area (Å²) in [6.45, 7) is -1.30. The van der Waals surface area contributed by atoms with Crippen LogP contribution in [0.5, 0.6) is 0 Å². The molecule has 0 spiro atoms. The fourth-order valence-electron chi connectivity index (χ4n) is 0.405. The Morgan fingerprint density at radius 3 is 2.25 bits per heavy atom. The third-order valence-electron chi connectivity index (χ3n) is 1.07. The van der Waals surface area contributed by atoms with Crippen LogP contribution in [0, 0.1) is 0 Å². The third-order valence-corrected chi connectivity index (χ3v) is 2.47. The zero-order valence-electron chi connectivity index (χ0n) is 6.94. The van der Waals surface area contributed by atoms with Crippen molar-refractivity contribution in [2.45, 2.75) is 6.10 Å². The molecule has 0 aliphatic heterocycles. The molecule has 0 radical (unpaired) electrons. The Kier molecular flexibility index (Phi) is 5.82. The maximum Gasteiger partial charge on any atom is 0.572 e. The first-order valence-corrected chi connectivity index (χ1v) is 4.69. The second-order valence-corrected chi connectivity index (χ2v) is 3.86. The molecule has 0 aromatic rings. The number of aliphatic hydroxyl groups excluding tert-OH is 1. The summed E-state index contributed by atoms with van der Waals surface area (Å²) in [5.41, 5.74) is 0. The first-order chi connectivity index (χ1) is 5.58. The lowest BCUT2D eigenvalue weighted by Gasteiger charge is -2.11. The smallest absolute Gasteiger partial charge is 0.388 e. The number of alkyl halides is 1. The number of halogens is 1. The van der Waals surface area contributed by atoms with Crippen molar-refractivity contribution < 1.29 is 28.0 Å². The van der Waals surface area contributed by atoms with Gasteiger partial charge in [-0.3, -0.25) is 0 Å². The molecule has 0 amide bonds. The monoisotopic (exact) mass is 203 g/mol. The van der Waals surface area contributed by atoms with Crippen molar-refractivity contribution in [1.29, 1.82) is 0 Å². The van der Waals surface area contributed by atoms with Gasteiger partial charge in [0.25, 0.3) is 0 Å². The third kappa shape index (κ3) is 4.25. The minimum atomic E-state index is -3.32. The number of hydrogen-bond donors (Lipinski definition) is 2. The van der Waals surface area contributed by atoms with E-state index in [0.717, 1.165) is 0 Å². The summed E-state index contributed by atoms with van der Waals surface area (Å²) in [5.74, 6) is 0. The summed E-state index contributed by atoms with van der Waals surface area (Å²) in [7, 11) is -0.938. The van der Waals surface area contributed by atoms with Crippen LogP contribution in [0.1, 0.15) is 0 Å². The SMILES string of the molecule is CO[P+](O)(OC)OC[C@@H](O)CF. The number of aliphatic hydroxyl groups is 1. The van der Waals surface area contributed by atoms with Crippen LogP contribution in [0.2, 0.25) is 0 Å². The quantitative estimate of drug-likeness (QED) is 0.607. The van der Waals surface area contributed by atoms with Crippen molar-refractivity contribution in [2.75, 3.05) is 27.5 Å². The Morgan fingerprint density at radius 2 is 1.92 bits per heavy atom. The van der Waals surface area contributed by atoms with Gasteiger partial charge in [0.05, 0.1) is 14.2 Å². The minimum absolute atomic E-state index is 0.359. The molecule has 1 atom stereocenters. The zero-order valence-corrected chi connectivity index (χ0v) is 7.83. The molecule has 0 unspecified atom stereocenters. The Hall–Kier alpha value is 0.160. The number of rotatable bonds is 6. The Labute approximate surface area is 70.7 Å². The maximum atomic E-state index is 11.7. The molecule has 7 heteroatoms. The van der Waals surface area contributed by atoms with Gasteiger partial charge in [-0.05, 0) is 0 Å². The summed E-state index contributed by atoms with van der Waals surface area (Å²) in [6.07, 6.45) is -1.26. The average Bonchev–Trinajstić information content (AvgIpc) is 2.13. The molecule has 0 bridgehead atoms. The van der Waals surface area contributed by atoms with Crippen LogP contribution in [0.25, 0.3) is 0 Å². The molecular formula is C5H13FO5P+. The van der Waals surface area contributed by atoms with Crippen LogP contribution in [-0.4, -0.2) is 43.6 Å². The number of hydrogen-bond acceptors (Lipinski definition) is 5. The van der Waals surface area contributed by atoms with Gasteiger partial charge >= 0.3 is 8.17 Å². The summed E-state index contributed by atoms with van der Waals surface area (Å²) in [4.78, 5) is 9.18. The first-order valence-electron chi connectivity index (χ1n) is 3.19. The van der Waals surface area contributed by atoms with Crippen LogP contribution in [-0.2, 0) is 13.6 Å². The topological polar surface area (TPSA) is 68.2 Å². The fourth-order valence-corrected chi connectivity index (χ4v) is 1.13. The summed E-state index contributed by atoms with van der Waals surface area (Å²) >= 11 is 0. The van der Waals surface area contributed by atoms with Gasteiger partial charge in [0.2, 0.25) is 0 Å². The first kappa shape index (κ1) is 12.2. The van der Waals surface area contributed by atoms with Gasteiger partial charge in [-0.1, -0.05) is 0 Å². The molecular weight excluding hydrogens is 190 g/mol. The molecule has 74 valence electrons. The average molecular weight is 203 g/mol. The molecule has 5 nitrogen and oxygen atoms in total. The molecule has 12 heavy (non-hydrogen) atoms. The maximum absolute atomic E-state index is 11.7. The van der Waals surface area contributed by atoms with Crippen LogP contribution in [0.3, 0.4) is 0 Å². The van der Waals surface area contributed by atoms with Crippen molar-refractivity contribution in [3.05, 3.63) is 0 Å². The molecule has 0 rings (SSSR count). The molecule has 0 aliphatic carbocycles. The van der Waals surface area contributed by atoms with E-state index < -0.39 is 20.9 Å². The second-order valence-electron chi connectivity index (χ2n) is 1.94. The Bertz CT molecular complexity index is 120. The molecule has 0 saturated heterocycles. The highest BCUT2D eigenvalue weighted by atomic mass is 31.2. The lowest BCUT2D eigenvalue weighted by atomic mass is 10.4. The molecule has 0 aliphatic rings. The van der Waals surface area contributed by atoms with Crippen molar-refractivity contribution in [3.8, 4) is 0 Å². The van der Waals surface area contributed by atoms with Gasteiger partial charge in [-0.15, -0.1) is 0 Å². The van der Waals surface area contributed by atoms with Crippen LogP contribution < -0.4 is 0 Å². The molecule has 0 heterocycles. The second kappa shape index (κ2) is 5.75. The summed E-state index contributed by atoms with van der Waals surface area (Å²) < 4.78 is 25.2. The van der Waals surface area contributed by atoms with Gasteiger partial charge in [0.15, 0.2) is 0 Å². The fraction of sp³-hybridized carbons (Fsp3) is 1.00. The van der Waals surface area contributed by atoms with Gasteiger partial charge < -0.3 is 5.11 Å². The van der Waals surface area contributed by atoms with E-state index in [1.54, 1.807) is 0 Å². The lowest BCUT2D eigenvalue weighted by Crippen LogP contribution is -2.18. The lowest BCUT2D eigenvalue weighted by molar-refractivity contribution is 0.0448. The molecule has 0 fully saturated rings. The van der Waals surface area contributed by atoms with Crippen LogP contribution in [0.15, 0.2) is 0 Å². The molecule has 0 aromatic heterocycles. The summed E-state index contributed by atoms with van der Waals surface area (Å²) in [6, 6.07) is 0. The van der Waals surface area contributed by atoms with E-state index in [0.29, 0.717) is 0 Å². The minimum Gasteiger partial charge on any atom is -0.388 e. The van der Waals surface area contributed by atoms with Gasteiger partial charge in [0.1, 0.15) is 19.4 Å². The van der Waals surface area contributed by atoms with E-state index in [2.05, 4.69) is 13.6 Å². The highest BCUT2D eigenvalue weighted by Crippen LogP contribution is 2.56. The largest absolute Gasteiger partial charge is 0.572 e. The van der Waals surface area contributed by atoms with E-state index in [9.17, 15) is 9.28 Å². The zero-order chi connectivity index (χ0) is 9.61. The normalized spacial score (nSPS) is 14.8. The highest BCUT2D eigenvalue weighted by molar-refractivity contribution is 7.55. The predicted octanol–water partition coefficient (Wildman–Crippen LogP) is 0.296. The van der Waals surface area contributed by atoms with E-state index in [1.807, 2.05) is 0 Å². The Balaban J connectivity index is 3.72. The molecule has 0 saturated carbocycles. The molecule has 0 aromatic carbocycles. The standard InChI is InChI=1S/C5H13FO5P/c1-9-12(8,10-2)11-4-5(7)3-6/h5,7-8H,3-4H2,1-2H3/q+1/t5-/m0/s1. The van der Waals surface area contributed by atoms with Crippen molar-refractivity contribution >= 4 is 8.17 Å². The Morgan fingerprint density at radius 1 is 1.42 bits per heavy atom. The van der Waals surface area contributed by atoms with Crippen molar-refractivity contribution in [2.24, 2.45) is 0 Å². The van der Waals surface area contributed by atoms with Gasteiger partial charge in [0, 0.05) is 0 Å².